The molecule has 0 aliphatic rings. The number of hydrogen-bond donors (Lipinski definition) is 3. The molecule has 3 N–H and O–H groups in total. The summed E-state index contributed by atoms with van der Waals surface area (Å²) in [6.07, 6.45) is -3.32. The number of benzene rings is 1. The van der Waals surface area contributed by atoms with Crippen molar-refractivity contribution in [1.29, 1.82) is 5.26 Å². The van der Waals surface area contributed by atoms with Crippen LogP contribution in [0.1, 0.15) is 44.4 Å². The summed E-state index contributed by atoms with van der Waals surface area (Å²) in [5, 5.41) is 31.4. The predicted molar refractivity (Wildman–Crippen MR) is 80.9 cm³/mol. The predicted octanol–water partition coefficient (Wildman–Crippen LogP) is 2.01. The number of rotatable bonds is 5. The Balaban J connectivity index is 2.59. The smallest absolute Gasteiger partial charge is 0.407 e. The Labute approximate surface area is 134 Å². The van der Waals surface area contributed by atoms with Crippen molar-refractivity contribution in [3.63, 3.8) is 0 Å². The number of aliphatic hydroxyl groups is 2. The molecule has 23 heavy (non-hydrogen) atoms. The zero-order valence-electron chi connectivity index (χ0n) is 13.3. The number of carbonyl (C=O) groups is 1. The van der Waals surface area contributed by atoms with Gasteiger partial charge >= 0.3 is 6.09 Å². The lowest BCUT2D eigenvalue weighted by Gasteiger charge is -2.21. The van der Waals surface area contributed by atoms with Gasteiger partial charge in [-0.1, -0.05) is 12.1 Å². The molecule has 126 valence electrons. The highest BCUT2D eigenvalue weighted by molar-refractivity contribution is 5.67. The molecule has 7 heteroatoms. The minimum atomic E-state index is -1.43. The molecule has 0 heterocycles. The highest BCUT2D eigenvalue weighted by Crippen LogP contribution is 2.24. The first-order chi connectivity index (χ1) is 10.7. The van der Waals surface area contributed by atoms with Crippen LogP contribution in [-0.2, 0) is 4.74 Å². The fourth-order valence-electron chi connectivity index (χ4n) is 1.91. The van der Waals surface area contributed by atoms with Crippen LogP contribution in [0.2, 0.25) is 0 Å². The van der Waals surface area contributed by atoms with E-state index in [1.54, 1.807) is 26.8 Å². The lowest BCUT2D eigenvalue weighted by atomic mass is 9.97. The highest BCUT2D eigenvalue weighted by Gasteiger charge is 2.23. The van der Waals surface area contributed by atoms with Crippen LogP contribution in [0.3, 0.4) is 0 Å². The molecule has 6 nitrogen and oxygen atoms in total. The normalized spacial score (nSPS) is 13.8. The van der Waals surface area contributed by atoms with Crippen molar-refractivity contribution in [1.82, 2.24) is 5.32 Å². The third-order valence-corrected chi connectivity index (χ3v) is 2.95. The van der Waals surface area contributed by atoms with Gasteiger partial charge in [-0.15, -0.1) is 0 Å². The quantitative estimate of drug-likeness (QED) is 0.769. The van der Waals surface area contributed by atoms with Gasteiger partial charge in [0.15, 0.2) is 0 Å². The Morgan fingerprint density at radius 3 is 2.65 bits per heavy atom. The first-order valence-corrected chi connectivity index (χ1v) is 7.17. The van der Waals surface area contributed by atoms with E-state index in [2.05, 4.69) is 5.32 Å². The van der Waals surface area contributed by atoms with Gasteiger partial charge in [0, 0.05) is 12.1 Å². The van der Waals surface area contributed by atoms with Crippen LogP contribution in [0.25, 0.3) is 0 Å². The van der Waals surface area contributed by atoms with Crippen molar-refractivity contribution in [3.8, 4) is 6.07 Å². The summed E-state index contributed by atoms with van der Waals surface area (Å²) in [6.45, 7) is 5.22. The fraction of sp³-hybridized carbons (Fsp3) is 0.500. The second-order valence-corrected chi connectivity index (χ2v) is 6.05. The first-order valence-electron chi connectivity index (χ1n) is 7.17. The SMILES string of the molecule is CC(C)(C)OC(=O)NCCC(O)C(O)c1cccc(F)c1C#N. The zero-order chi connectivity index (χ0) is 17.6. The van der Waals surface area contributed by atoms with E-state index in [1.807, 2.05) is 0 Å². The van der Waals surface area contributed by atoms with Crippen molar-refractivity contribution in [2.75, 3.05) is 6.54 Å². The molecule has 0 saturated heterocycles. The van der Waals surface area contributed by atoms with Crippen LogP contribution >= 0.6 is 0 Å². The molecule has 1 aromatic rings. The van der Waals surface area contributed by atoms with E-state index < -0.39 is 29.7 Å². The lowest BCUT2D eigenvalue weighted by Crippen LogP contribution is -2.34. The number of carbonyl (C=O) groups excluding carboxylic acids is 1. The van der Waals surface area contributed by atoms with Crippen molar-refractivity contribution in [2.45, 2.75) is 45.0 Å². The van der Waals surface area contributed by atoms with Crippen LogP contribution in [0.15, 0.2) is 18.2 Å². The second kappa shape index (κ2) is 7.90. The largest absolute Gasteiger partial charge is 0.444 e. The van der Waals surface area contributed by atoms with E-state index in [0.29, 0.717) is 0 Å². The molecule has 1 rings (SSSR count). The molecule has 0 fully saturated rings. The minimum Gasteiger partial charge on any atom is -0.444 e. The Bertz CT molecular complexity index is 593. The average molecular weight is 324 g/mol. The molecule has 1 amide bonds. The maximum Gasteiger partial charge on any atom is 0.407 e. The second-order valence-electron chi connectivity index (χ2n) is 6.05. The molecule has 2 unspecified atom stereocenters. The number of halogens is 1. The maximum atomic E-state index is 13.5. The van der Waals surface area contributed by atoms with Gasteiger partial charge in [-0.3, -0.25) is 0 Å². The lowest BCUT2D eigenvalue weighted by molar-refractivity contribution is 0.0120. The number of nitrogens with zero attached hydrogens (tertiary/aromatic N) is 1. The molecule has 0 aromatic heterocycles. The number of amides is 1. The number of aliphatic hydroxyl groups excluding tert-OH is 2. The number of ether oxygens (including phenoxy) is 1. The fourth-order valence-corrected chi connectivity index (χ4v) is 1.91. The number of alkyl carbamates (subject to hydrolysis) is 1. The molecule has 0 aliphatic carbocycles. The summed E-state index contributed by atoms with van der Waals surface area (Å²) in [4.78, 5) is 11.5. The number of nitriles is 1. The van der Waals surface area contributed by atoms with Gasteiger partial charge in [-0.2, -0.15) is 5.26 Å². The summed E-state index contributed by atoms with van der Waals surface area (Å²) in [5.74, 6) is -0.761. The van der Waals surface area contributed by atoms with Crippen LogP contribution in [0.4, 0.5) is 9.18 Å². The van der Waals surface area contributed by atoms with Crippen LogP contribution in [0, 0.1) is 17.1 Å². The van der Waals surface area contributed by atoms with E-state index >= 15 is 0 Å². The van der Waals surface area contributed by atoms with Gasteiger partial charge in [0.2, 0.25) is 0 Å². The molecule has 2 atom stereocenters. The summed E-state index contributed by atoms with van der Waals surface area (Å²) in [5.41, 5.74) is -0.928. The summed E-state index contributed by atoms with van der Waals surface area (Å²) < 4.78 is 18.5. The average Bonchev–Trinajstić information content (AvgIpc) is 2.44. The molecule has 0 bridgehead atoms. The number of nitrogens with one attached hydrogen (secondary N) is 1. The van der Waals surface area contributed by atoms with Gasteiger partial charge in [0.25, 0.3) is 0 Å². The summed E-state index contributed by atoms with van der Waals surface area (Å²) in [7, 11) is 0. The summed E-state index contributed by atoms with van der Waals surface area (Å²) in [6, 6.07) is 5.49. The van der Waals surface area contributed by atoms with Gasteiger partial charge in [0.05, 0.1) is 11.7 Å². The highest BCUT2D eigenvalue weighted by atomic mass is 19.1. The van der Waals surface area contributed by atoms with Crippen molar-refractivity contribution < 1.29 is 24.1 Å². The van der Waals surface area contributed by atoms with Crippen LogP contribution in [-0.4, -0.2) is 34.6 Å². The maximum absolute atomic E-state index is 13.5. The Hall–Kier alpha value is -2.17. The van der Waals surface area contributed by atoms with Crippen LogP contribution < -0.4 is 5.32 Å². The van der Waals surface area contributed by atoms with Crippen molar-refractivity contribution >= 4 is 6.09 Å². The molecular weight excluding hydrogens is 303 g/mol. The zero-order valence-corrected chi connectivity index (χ0v) is 13.3. The molecule has 0 aliphatic heterocycles. The Morgan fingerprint density at radius 2 is 2.09 bits per heavy atom. The van der Waals surface area contributed by atoms with E-state index in [4.69, 9.17) is 10.00 Å². The van der Waals surface area contributed by atoms with Crippen molar-refractivity contribution in [2.24, 2.45) is 0 Å². The third-order valence-electron chi connectivity index (χ3n) is 2.95. The topological polar surface area (TPSA) is 103 Å². The Kier molecular flexibility index (Phi) is 6.49. The van der Waals surface area contributed by atoms with Gasteiger partial charge in [-0.05, 0) is 33.3 Å². The van der Waals surface area contributed by atoms with Gasteiger partial charge in [-0.25, -0.2) is 9.18 Å². The molecule has 1 aromatic carbocycles. The van der Waals surface area contributed by atoms with Gasteiger partial charge in [0.1, 0.15) is 23.6 Å². The third kappa shape index (κ3) is 5.85. The minimum absolute atomic E-state index is 0.0114. The van der Waals surface area contributed by atoms with E-state index in [-0.39, 0.29) is 24.1 Å². The van der Waals surface area contributed by atoms with Gasteiger partial charge < -0.3 is 20.3 Å². The molecule has 0 saturated carbocycles. The van der Waals surface area contributed by atoms with E-state index in [0.717, 1.165) is 6.07 Å². The molecule has 0 spiro atoms. The standard InChI is InChI=1S/C16H21FN2O4/c1-16(2,3)23-15(22)19-8-7-13(20)14(21)10-5-4-6-12(17)11(10)9-18/h4-6,13-14,20-21H,7-8H2,1-3H3,(H,19,22). The summed E-state index contributed by atoms with van der Waals surface area (Å²) >= 11 is 0. The van der Waals surface area contributed by atoms with Crippen molar-refractivity contribution in [3.05, 3.63) is 35.1 Å². The first kappa shape index (κ1) is 18.9. The monoisotopic (exact) mass is 324 g/mol. The van der Waals surface area contributed by atoms with E-state index in [9.17, 15) is 19.4 Å². The molecular formula is C16H21FN2O4. The Morgan fingerprint density at radius 1 is 1.43 bits per heavy atom. The van der Waals surface area contributed by atoms with E-state index in [1.165, 1.54) is 12.1 Å². The van der Waals surface area contributed by atoms with Crippen LogP contribution in [0.5, 0.6) is 0 Å². The molecule has 0 radical (unpaired) electrons. The number of hydrogen-bond acceptors (Lipinski definition) is 5.